The van der Waals surface area contributed by atoms with Gasteiger partial charge in [-0.2, -0.15) is 0 Å². The van der Waals surface area contributed by atoms with Gasteiger partial charge in [-0.25, -0.2) is 0 Å². The SMILES string of the molecule is CCCCC1CC(CC)CC1CC. The third kappa shape index (κ3) is 3.00. The quantitative estimate of drug-likeness (QED) is 0.581. The molecule has 0 bridgehead atoms. The van der Waals surface area contributed by atoms with Crippen LogP contribution >= 0.6 is 0 Å². The molecule has 78 valence electrons. The Kier molecular flexibility index (Phi) is 4.83. The minimum absolute atomic E-state index is 1.06. The molecule has 0 aliphatic heterocycles. The van der Waals surface area contributed by atoms with Gasteiger partial charge in [-0.1, -0.05) is 52.9 Å². The van der Waals surface area contributed by atoms with Gasteiger partial charge < -0.3 is 0 Å². The van der Waals surface area contributed by atoms with Crippen LogP contribution < -0.4 is 0 Å². The highest BCUT2D eigenvalue weighted by Gasteiger charge is 2.31. The van der Waals surface area contributed by atoms with Crippen molar-refractivity contribution in [2.24, 2.45) is 17.8 Å². The highest BCUT2D eigenvalue weighted by atomic mass is 14.4. The highest BCUT2D eigenvalue weighted by Crippen LogP contribution is 2.42. The highest BCUT2D eigenvalue weighted by molar-refractivity contribution is 4.81. The first kappa shape index (κ1) is 11.1. The molecule has 0 aromatic carbocycles. The van der Waals surface area contributed by atoms with Crippen molar-refractivity contribution in [1.82, 2.24) is 0 Å². The van der Waals surface area contributed by atoms with Gasteiger partial charge in [0.2, 0.25) is 0 Å². The molecule has 0 amide bonds. The monoisotopic (exact) mass is 182 g/mol. The van der Waals surface area contributed by atoms with Crippen LogP contribution in [0.3, 0.4) is 0 Å². The summed E-state index contributed by atoms with van der Waals surface area (Å²) in [5, 5.41) is 0. The summed E-state index contributed by atoms with van der Waals surface area (Å²) in [5.74, 6) is 3.21. The average Bonchev–Trinajstić information content (AvgIpc) is 2.57. The Morgan fingerprint density at radius 1 is 0.923 bits per heavy atom. The molecule has 1 rings (SSSR count). The van der Waals surface area contributed by atoms with E-state index >= 15 is 0 Å². The first-order valence-electron chi connectivity index (χ1n) is 6.31. The second-order valence-electron chi connectivity index (χ2n) is 4.82. The van der Waals surface area contributed by atoms with E-state index in [1.165, 1.54) is 44.9 Å². The molecule has 3 unspecified atom stereocenters. The lowest BCUT2D eigenvalue weighted by atomic mass is 9.89. The van der Waals surface area contributed by atoms with Crippen molar-refractivity contribution < 1.29 is 0 Å². The van der Waals surface area contributed by atoms with Crippen molar-refractivity contribution in [3.8, 4) is 0 Å². The number of hydrogen-bond acceptors (Lipinski definition) is 0. The number of unbranched alkanes of at least 4 members (excludes halogenated alkanes) is 1. The van der Waals surface area contributed by atoms with Gasteiger partial charge in [-0.3, -0.25) is 0 Å². The molecular formula is C13H26. The largest absolute Gasteiger partial charge is 0.0654 e. The number of hydrogen-bond donors (Lipinski definition) is 0. The van der Waals surface area contributed by atoms with E-state index in [1.807, 2.05) is 0 Å². The first-order valence-corrected chi connectivity index (χ1v) is 6.31. The fraction of sp³-hybridized carbons (Fsp3) is 1.00. The van der Waals surface area contributed by atoms with Crippen LogP contribution in [0, 0.1) is 17.8 Å². The number of rotatable bonds is 5. The lowest BCUT2D eigenvalue weighted by Crippen LogP contribution is -2.06. The van der Waals surface area contributed by atoms with Gasteiger partial charge in [0.1, 0.15) is 0 Å². The Hall–Kier alpha value is 0. The zero-order valence-corrected chi connectivity index (χ0v) is 9.68. The summed E-state index contributed by atoms with van der Waals surface area (Å²) >= 11 is 0. The molecule has 0 heteroatoms. The van der Waals surface area contributed by atoms with Crippen LogP contribution in [0.2, 0.25) is 0 Å². The molecule has 0 aromatic heterocycles. The predicted octanol–water partition coefficient (Wildman–Crippen LogP) is 4.64. The summed E-state index contributed by atoms with van der Waals surface area (Å²) in [5.41, 5.74) is 0. The van der Waals surface area contributed by atoms with E-state index in [4.69, 9.17) is 0 Å². The summed E-state index contributed by atoms with van der Waals surface area (Å²) in [6.07, 6.45) is 10.2. The van der Waals surface area contributed by atoms with Gasteiger partial charge in [0.15, 0.2) is 0 Å². The Morgan fingerprint density at radius 2 is 1.62 bits per heavy atom. The minimum Gasteiger partial charge on any atom is -0.0654 e. The molecule has 0 spiro atoms. The fourth-order valence-electron chi connectivity index (χ4n) is 2.99. The minimum atomic E-state index is 1.06. The average molecular weight is 182 g/mol. The summed E-state index contributed by atoms with van der Waals surface area (Å²) in [4.78, 5) is 0. The zero-order chi connectivity index (χ0) is 9.68. The van der Waals surface area contributed by atoms with Crippen LogP contribution in [-0.4, -0.2) is 0 Å². The van der Waals surface area contributed by atoms with E-state index in [0.717, 1.165) is 17.8 Å². The van der Waals surface area contributed by atoms with E-state index < -0.39 is 0 Å². The van der Waals surface area contributed by atoms with Gasteiger partial charge in [0.25, 0.3) is 0 Å². The van der Waals surface area contributed by atoms with Crippen molar-refractivity contribution in [1.29, 1.82) is 0 Å². The molecule has 0 nitrogen and oxygen atoms in total. The summed E-state index contributed by atoms with van der Waals surface area (Å²) < 4.78 is 0. The smallest absolute Gasteiger partial charge is 0.0383 e. The van der Waals surface area contributed by atoms with Gasteiger partial charge in [0.05, 0.1) is 0 Å². The van der Waals surface area contributed by atoms with Crippen molar-refractivity contribution in [2.75, 3.05) is 0 Å². The summed E-state index contributed by atoms with van der Waals surface area (Å²) in [7, 11) is 0. The molecule has 3 atom stereocenters. The molecule has 0 radical (unpaired) electrons. The Bertz CT molecular complexity index is 128. The predicted molar refractivity (Wildman–Crippen MR) is 59.8 cm³/mol. The molecule has 1 saturated carbocycles. The third-order valence-corrected chi connectivity index (χ3v) is 3.97. The van der Waals surface area contributed by atoms with E-state index in [9.17, 15) is 0 Å². The molecular weight excluding hydrogens is 156 g/mol. The van der Waals surface area contributed by atoms with Crippen LogP contribution in [0.4, 0.5) is 0 Å². The van der Waals surface area contributed by atoms with Crippen LogP contribution in [-0.2, 0) is 0 Å². The van der Waals surface area contributed by atoms with E-state index in [1.54, 1.807) is 0 Å². The zero-order valence-electron chi connectivity index (χ0n) is 9.68. The Labute approximate surface area is 84.1 Å². The normalized spacial score (nSPS) is 33.9. The van der Waals surface area contributed by atoms with Gasteiger partial charge in [-0.05, 0) is 30.6 Å². The topological polar surface area (TPSA) is 0 Å². The molecule has 1 fully saturated rings. The van der Waals surface area contributed by atoms with E-state index in [-0.39, 0.29) is 0 Å². The Balaban J connectivity index is 2.33. The van der Waals surface area contributed by atoms with Crippen LogP contribution in [0.5, 0.6) is 0 Å². The molecule has 0 heterocycles. The van der Waals surface area contributed by atoms with Crippen molar-refractivity contribution in [2.45, 2.75) is 65.7 Å². The first-order chi connectivity index (χ1) is 6.31. The summed E-state index contributed by atoms with van der Waals surface area (Å²) in [6, 6.07) is 0. The second-order valence-corrected chi connectivity index (χ2v) is 4.82. The fourth-order valence-corrected chi connectivity index (χ4v) is 2.99. The van der Waals surface area contributed by atoms with E-state index in [0.29, 0.717) is 0 Å². The molecule has 0 saturated heterocycles. The molecule has 0 N–H and O–H groups in total. The summed E-state index contributed by atoms with van der Waals surface area (Å²) in [6.45, 7) is 7.05. The third-order valence-electron chi connectivity index (χ3n) is 3.97. The maximum absolute atomic E-state index is 2.38. The lowest BCUT2D eigenvalue weighted by Gasteiger charge is -2.16. The second kappa shape index (κ2) is 5.67. The van der Waals surface area contributed by atoms with Gasteiger partial charge in [-0.15, -0.1) is 0 Å². The Morgan fingerprint density at radius 3 is 2.15 bits per heavy atom. The van der Waals surface area contributed by atoms with Crippen LogP contribution in [0.25, 0.3) is 0 Å². The van der Waals surface area contributed by atoms with Gasteiger partial charge >= 0.3 is 0 Å². The molecule has 1 aliphatic carbocycles. The maximum Gasteiger partial charge on any atom is -0.0383 e. The van der Waals surface area contributed by atoms with Crippen LogP contribution in [0.1, 0.15) is 65.7 Å². The van der Waals surface area contributed by atoms with E-state index in [2.05, 4.69) is 20.8 Å². The molecule has 1 aliphatic rings. The van der Waals surface area contributed by atoms with Crippen molar-refractivity contribution >= 4 is 0 Å². The van der Waals surface area contributed by atoms with Crippen molar-refractivity contribution in [3.05, 3.63) is 0 Å². The standard InChI is InChI=1S/C13H26/c1-4-7-8-13-10-11(5-2)9-12(13)6-3/h11-13H,4-10H2,1-3H3. The lowest BCUT2D eigenvalue weighted by molar-refractivity contribution is 0.346. The van der Waals surface area contributed by atoms with Crippen molar-refractivity contribution in [3.63, 3.8) is 0 Å². The molecule has 0 aromatic rings. The molecule has 13 heavy (non-hydrogen) atoms. The van der Waals surface area contributed by atoms with Gasteiger partial charge in [0, 0.05) is 0 Å². The van der Waals surface area contributed by atoms with Crippen LogP contribution in [0.15, 0.2) is 0 Å². The maximum atomic E-state index is 2.38.